The van der Waals surface area contributed by atoms with E-state index in [1.165, 1.54) is 11.5 Å². The second-order valence-corrected chi connectivity index (χ2v) is 8.15. The Morgan fingerprint density at radius 1 is 1.62 bits per heavy atom. The summed E-state index contributed by atoms with van der Waals surface area (Å²) in [6, 6.07) is 0.459. The number of nitrogens with one attached hydrogen (secondary N) is 1. The van der Waals surface area contributed by atoms with E-state index in [1.807, 2.05) is 20.8 Å². The molecule has 0 spiro atoms. The van der Waals surface area contributed by atoms with Crippen LogP contribution in [-0.4, -0.2) is 38.8 Å². The van der Waals surface area contributed by atoms with Gasteiger partial charge in [-0.15, -0.1) is 0 Å². The Morgan fingerprint density at radius 3 is 2.86 bits per heavy atom. The summed E-state index contributed by atoms with van der Waals surface area (Å²) < 4.78 is 10.4. The molecule has 1 aromatic rings. The van der Waals surface area contributed by atoms with Gasteiger partial charge < -0.3 is 4.74 Å². The summed E-state index contributed by atoms with van der Waals surface area (Å²) >= 11 is 3.09. The largest absolute Gasteiger partial charge is 0.465 e. The summed E-state index contributed by atoms with van der Waals surface area (Å²) in [6.07, 6.45) is 3.00. The van der Waals surface area contributed by atoms with Crippen LogP contribution in [0.15, 0.2) is 4.34 Å². The maximum atomic E-state index is 12.3. The van der Waals surface area contributed by atoms with E-state index in [0.717, 1.165) is 23.0 Å². The molecule has 5 nitrogen and oxygen atoms in total. The zero-order chi connectivity index (χ0) is 15.5. The Morgan fingerprint density at radius 2 is 2.33 bits per heavy atom. The monoisotopic (exact) mass is 329 g/mol. The number of aromatic nitrogens is 2. The zero-order valence-corrected chi connectivity index (χ0v) is 14.6. The number of rotatable bonds is 8. The fraction of sp³-hybridized carbons (Fsp3) is 0.786. The highest BCUT2D eigenvalue weighted by molar-refractivity contribution is 8.01. The molecule has 1 aromatic heterocycles. The molecule has 2 unspecified atom stereocenters. The highest BCUT2D eigenvalue weighted by Crippen LogP contribution is 2.32. The lowest BCUT2D eigenvalue weighted by Gasteiger charge is -2.30. The molecule has 21 heavy (non-hydrogen) atoms. The molecule has 0 saturated heterocycles. The number of esters is 1. The first-order valence-electron chi connectivity index (χ1n) is 7.35. The molecule has 0 aromatic carbocycles. The highest BCUT2D eigenvalue weighted by atomic mass is 32.2. The van der Waals surface area contributed by atoms with Crippen molar-refractivity contribution in [3.8, 4) is 0 Å². The van der Waals surface area contributed by atoms with Crippen LogP contribution in [0.3, 0.4) is 0 Å². The van der Waals surface area contributed by atoms with Gasteiger partial charge in [0.1, 0.15) is 11.4 Å². The zero-order valence-electron chi connectivity index (χ0n) is 13.0. The molecule has 7 heteroatoms. The minimum Gasteiger partial charge on any atom is -0.465 e. The number of ether oxygens (including phenoxy) is 1. The third-order valence-corrected chi connectivity index (χ3v) is 5.31. The van der Waals surface area contributed by atoms with E-state index in [-0.39, 0.29) is 11.2 Å². The van der Waals surface area contributed by atoms with Gasteiger partial charge in [-0.05, 0) is 51.6 Å². The molecular formula is C14H23N3O2S2. The maximum absolute atomic E-state index is 12.3. The average Bonchev–Trinajstić information content (AvgIpc) is 3.11. The van der Waals surface area contributed by atoms with E-state index in [0.29, 0.717) is 19.1 Å². The van der Waals surface area contributed by atoms with Crippen LogP contribution in [0.5, 0.6) is 0 Å². The summed E-state index contributed by atoms with van der Waals surface area (Å²) in [7, 11) is 0. The van der Waals surface area contributed by atoms with Crippen molar-refractivity contribution in [2.24, 2.45) is 0 Å². The van der Waals surface area contributed by atoms with Gasteiger partial charge in [-0.3, -0.25) is 10.1 Å². The van der Waals surface area contributed by atoms with E-state index in [9.17, 15) is 4.79 Å². The third-order valence-electron chi connectivity index (χ3n) is 3.33. The van der Waals surface area contributed by atoms with Crippen LogP contribution in [0.4, 0.5) is 0 Å². The number of carbonyl (C=O) groups is 1. The second kappa shape index (κ2) is 7.07. The molecule has 1 aliphatic carbocycles. The van der Waals surface area contributed by atoms with Crippen molar-refractivity contribution in [3.63, 3.8) is 0 Å². The van der Waals surface area contributed by atoms with Crippen molar-refractivity contribution >= 4 is 29.3 Å². The Labute approximate surface area is 134 Å². The van der Waals surface area contributed by atoms with Crippen LogP contribution in [0.1, 0.15) is 45.9 Å². The van der Waals surface area contributed by atoms with Gasteiger partial charge in [-0.25, -0.2) is 4.98 Å². The first-order valence-corrected chi connectivity index (χ1v) is 9.00. The average molecular weight is 329 g/mol. The normalized spacial score (nSPS) is 19.0. The number of carbonyl (C=O) groups excluding carboxylic acids is 1. The van der Waals surface area contributed by atoms with Crippen molar-refractivity contribution in [3.05, 3.63) is 5.82 Å². The molecule has 1 N–H and O–H groups in total. The Kier molecular flexibility index (Phi) is 5.62. The number of hydrogen-bond donors (Lipinski definition) is 1. The predicted molar refractivity (Wildman–Crippen MR) is 85.8 cm³/mol. The second-order valence-electron chi connectivity index (χ2n) is 5.71. The lowest BCUT2D eigenvalue weighted by Crippen LogP contribution is -2.52. The van der Waals surface area contributed by atoms with Gasteiger partial charge in [0.25, 0.3) is 0 Å². The summed E-state index contributed by atoms with van der Waals surface area (Å²) in [5.41, 5.74) is -0.622. The summed E-state index contributed by atoms with van der Waals surface area (Å²) in [5, 5.41) is 3.72. The van der Waals surface area contributed by atoms with Crippen molar-refractivity contribution in [2.45, 2.75) is 68.1 Å². The Balaban J connectivity index is 1.97. The topological polar surface area (TPSA) is 64.1 Å². The van der Waals surface area contributed by atoms with E-state index >= 15 is 0 Å². The van der Waals surface area contributed by atoms with Crippen LogP contribution >= 0.6 is 23.3 Å². The van der Waals surface area contributed by atoms with Crippen molar-refractivity contribution < 1.29 is 9.53 Å². The van der Waals surface area contributed by atoms with Crippen LogP contribution < -0.4 is 5.32 Å². The predicted octanol–water partition coefficient (Wildman–Crippen LogP) is 2.79. The first-order chi connectivity index (χ1) is 9.93. The van der Waals surface area contributed by atoms with Crippen molar-refractivity contribution in [1.82, 2.24) is 14.7 Å². The Bertz CT molecular complexity index is 490. The van der Waals surface area contributed by atoms with E-state index in [1.54, 1.807) is 11.8 Å². The quantitative estimate of drug-likeness (QED) is 0.584. The van der Waals surface area contributed by atoms with E-state index < -0.39 is 5.54 Å². The van der Waals surface area contributed by atoms with Crippen LogP contribution in [0, 0.1) is 6.92 Å². The molecule has 1 heterocycles. The molecule has 0 bridgehead atoms. The lowest BCUT2D eigenvalue weighted by atomic mass is 9.95. The van der Waals surface area contributed by atoms with Crippen molar-refractivity contribution in [1.29, 1.82) is 0 Å². The minimum atomic E-state index is -0.622. The molecule has 0 amide bonds. The van der Waals surface area contributed by atoms with Crippen LogP contribution in [-0.2, 0) is 9.53 Å². The van der Waals surface area contributed by atoms with Gasteiger partial charge in [-0.2, -0.15) is 4.37 Å². The summed E-state index contributed by atoms with van der Waals surface area (Å²) in [5.74, 6) is 0.650. The maximum Gasteiger partial charge on any atom is 0.326 e. The molecule has 1 saturated carbocycles. The van der Waals surface area contributed by atoms with Gasteiger partial charge in [0.05, 0.1) is 6.61 Å². The smallest absolute Gasteiger partial charge is 0.326 e. The molecule has 0 radical (unpaired) electrons. The molecule has 2 rings (SSSR count). The standard InChI is InChI=1S/C14H23N3O2S2/c1-5-19-12(18)14(4,16-11-6-7-11)8-9(2)20-13-15-10(3)17-21-13/h9,11,16H,5-8H2,1-4H3. The molecule has 1 fully saturated rings. The molecular weight excluding hydrogens is 306 g/mol. The third kappa shape index (κ3) is 4.93. The number of aryl methyl sites for hydroxylation is 1. The van der Waals surface area contributed by atoms with Gasteiger partial charge >= 0.3 is 5.97 Å². The van der Waals surface area contributed by atoms with Gasteiger partial charge in [-0.1, -0.05) is 18.7 Å². The molecule has 2 atom stereocenters. The number of thioether (sulfide) groups is 1. The number of hydrogen-bond acceptors (Lipinski definition) is 7. The first kappa shape index (κ1) is 16.7. The molecule has 0 aliphatic heterocycles. The van der Waals surface area contributed by atoms with Gasteiger partial charge in [0.2, 0.25) is 0 Å². The summed E-state index contributed by atoms with van der Waals surface area (Å²) in [6.45, 7) is 8.22. The van der Waals surface area contributed by atoms with Crippen molar-refractivity contribution in [2.75, 3.05) is 6.61 Å². The van der Waals surface area contributed by atoms with E-state index in [4.69, 9.17) is 4.74 Å². The molecule has 118 valence electrons. The highest BCUT2D eigenvalue weighted by Gasteiger charge is 2.40. The fourth-order valence-electron chi connectivity index (χ4n) is 2.28. The Hall–Kier alpha value is -0.660. The van der Waals surface area contributed by atoms with Crippen LogP contribution in [0.2, 0.25) is 0 Å². The van der Waals surface area contributed by atoms with Gasteiger partial charge in [0.15, 0.2) is 4.34 Å². The van der Waals surface area contributed by atoms with Crippen LogP contribution in [0.25, 0.3) is 0 Å². The molecule has 1 aliphatic rings. The fourth-order valence-corrected chi connectivity index (χ4v) is 4.43. The number of nitrogens with zero attached hydrogens (tertiary/aromatic N) is 2. The summed E-state index contributed by atoms with van der Waals surface area (Å²) in [4.78, 5) is 16.7. The minimum absolute atomic E-state index is 0.155. The SMILES string of the molecule is CCOC(=O)C(C)(CC(C)Sc1nc(C)ns1)NC1CC1. The van der Waals surface area contributed by atoms with E-state index in [2.05, 4.69) is 21.6 Å². The van der Waals surface area contributed by atoms with Gasteiger partial charge in [0, 0.05) is 11.3 Å². The lowest BCUT2D eigenvalue weighted by molar-refractivity contribution is -0.150.